The van der Waals surface area contributed by atoms with Crippen molar-refractivity contribution in [3.8, 4) is 0 Å². The van der Waals surface area contributed by atoms with Crippen LogP contribution < -0.4 is 5.14 Å². The first kappa shape index (κ1) is 10.2. The number of carbonyl (C=O) groups excluding carboxylic acids is 1. The minimum atomic E-state index is -4.03. The summed E-state index contributed by atoms with van der Waals surface area (Å²) in [5.74, 6) is -1.50. The molecule has 8 heteroatoms. The molecule has 2 atom stereocenters. The van der Waals surface area contributed by atoms with Gasteiger partial charge < -0.3 is 4.74 Å². The zero-order valence-electron chi connectivity index (χ0n) is 7.66. The van der Waals surface area contributed by atoms with Crippen molar-refractivity contribution >= 4 is 16.0 Å². The van der Waals surface area contributed by atoms with E-state index in [1.54, 1.807) is 0 Å². The average molecular weight is 231 g/mol. The van der Waals surface area contributed by atoms with Crippen molar-refractivity contribution in [1.29, 1.82) is 0 Å². The third kappa shape index (κ3) is 1.37. The lowest BCUT2D eigenvalue weighted by molar-refractivity contribution is -0.141. The number of primary sulfonamides is 1. The van der Waals surface area contributed by atoms with E-state index in [-0.39, 0.29) is 13.0 Å². The van der Waals surface area contributed by atoms with Crippen molar-refractivity contribution in [2.24, 2.45) is 21.3 Å². The number of ether oxygens (including phenoxy) is 1. The number of azo groups is 1. The Morgan fingerprint density at radius 1 is 1.60 bits per heavy atom. The third-order valence-electron chi connectivity index (χ3n) is 2.48. The van der Waals surface area contributed by atoms with Crippen LogP contribution in [0, 0.1) is 5.92 Å². The van der Waals surface area contributed by atoms with E-state index in [1.165, 1.54) is 12.3 Å². The van der Waals surface area contributed by atoms with Gasteiger partial charge in [-0.1, -0.05) is 0 Å². The summed E-state index contributed by atoms with van der Waals surface area (Å²) in [4.78, 5) is 9.57. The fraction of sp³-hybridized carbons (Fsp3) is 0.571. The fourth-order valence-electron chi connectivity index (χ4n) is 1.70. The van der Waals surface area contributed by atoms with E-state index in [4.69, 9.17) is 9.88 Å². The zero-order valence-corrected chi connectivity index (χ0v) is 8.48. The van der Waals surface area contributed by atoms with Crippen LogP contribution in [0.25, 0.3) is 0 Å². The lowest BCUT2D eigenvalue weighted by Gasteiger charge is -2.23. The van der Waals surface area contributed by atoms with Gasteiger partial charge in [-0.15, -0.1) is 0 Å². The molecule has 0 amide bonds. The molecule has 0 aromatic rings. The lowest BCUT2D eigenvalue weighted by Crippen LogP contribution is -2.47. The highest BCUT2D eigenvalue weighted by atomic mass is 32.2. The van der Waals surface area contributed by atoms with Crippen molar-refractivity contribution in [2.75, 3.05) is 6.61 Å². The van der Waals surface area contributed by atoms with Gasteiger partial charge in [0, 0.05) is 6.20 Å². The largest absolute Gasteiger partial charge is 0.465 e. The molecule has 2 heterocycles. The lowest BCUT2D eigenvalue weighted by atomic mass is 9.98. The van der Waals surface area contributed by atoms with Gasteiger partial charge in [0.2, 0.25) is 14.9 Å². The third-order valence-corrected chi connectivity index (χ3v) is 3.90. The summed E-state index contributed by atoms with van der Waals surface area (Å²) in [6.07, 6.45) is 2.72. The Balaban J connectivity index is 2.49. The molecular formula is C7H9N3O4S. The Morgan fingerprint density at radius 3 is 2.73 bits per heavy atom. The van der Waals surface area contributed by atoms with Gasteiger partial charge in [0.25, 0.3) is 0 Å². The fourth-order valence-corrected chi connectivity index (χ4v) is 2.73. The molecule has 2 unspecified atom stereocenters. The molecule has 2 rings (SSSR count). The smallest absolute Gasteiger partial charge is 0.313 e. The quantitative estimate of drug-likeness (QED) is 0.646. The maximum Gasteiger partial charge on any atom is 0.313 e. The average Bonchev–Trinajstić information content (AvgIpc) is 2.70. The normalized spacial score (nSPS) is 34.7. The number of cyclic esters (lactones) is 1. The molecule has 7 nitrogen and oxygen atoms in total. The van der Waals surface area contributed by atoms with Gasteiger partial charge in [-0.05, 0) is 12.5 Å². The van der Waals surface area contributed by atoms with Gasteiger partial charge in [0.15, 0.2) is 0 Å². The molecule has 0 bridgehead atoms. The first-order valence-corrected chi connectivity index (χ1v) is 5.81. The minimum absolute atomic E-state index is 0.185. The standard InChI is InChI=1S/C7H9N3O4S/c8-15(12,13)7(2-3-9-10-7)5-1-4-14-6(5)11/h2-3,5H,1,4H2,(H2,8,12,13). The van der Waals surface area contributed by atoms with Crippen molar-refractivity contribution in [1.82, 2.24) is 0 Å². The topological polar surface area (TPSA) is 111 Å². The number of rotatable bonds is 2. The van der Waals surface area contributed by atoms with Crippen LogP contribution in [-0.2, 0) is 19.6 Å². The first-order chi connectivity index (χ1) is 6.97. The van der Waals surface area contributed by atoms with Crippen LogP contribution in [0.2, 0.25) is 0 Å². The predicted octanol–water partition coefficient (Wildman–Crippen LogP) is -0.486. The maximum atomic E-state index is 11.5. The summed E-state index contributed by atoms with van der Waals surface area (Å²) in [5, 5.41) is 12.1. The Kier molecular flexibility index (Phi) is 2.12. The van der Waals surface area contributed by atoms with Crippen LogP contribution in [-0.4, -0.2) is 25.9 Å². The molecule has 0 radical (unpaired) electrons. The summed E-state index contributed by atoms with van der Waals surface area (Å²) < 4.78 is 27.6. The Morgan fingerprint density at radius 2 is 2.33 bits per heavy atom. The number of nitrogens with two attached hydrogens (primary N) is 1. The molecule has 1 saturated heterocycles. The molecule has 0 aliphatic carbocycles. The van der Waals surface area contributed by atoms with Gasteiger partial charge >= 0.3 is 5.97 Å². The number of esters is 1. The van der Waals surface area contributed by atoms with Crippen LogP contribution >= 0.6 is 0 Å². The maximum absolute atomic E-state index is 11.5. The molecule has 2 aliphatic rings. The summed E-state index contributed by atoms with van der Waals surface area (Å²) in [7, 11) is -4.03. The SMILES string of the molecule is NS(=O)(=O)C1(C2CCOC2=O)C=CN=N1. The second-order valence-electron chi connectivity index (χ2n) is 3.34. The van der Waals surface area contributed by atoms with E-state index in [0.717, 1.165) is 0 Å². The highest BCUT2D eigenvalue weighted by Crippen LogP contribution is 2.37. The van der Waals surface area contributed by atoms with Crippen molar-refractivity contribution < 1.29 is 17.9 Å². The molecule has 0 saturated carbocycles. The molecular weight excluding hydrogens is 222 g/mol. The van der Waals surface area contributed by atoms with E-state index < -0.39 is 26.8 Å². The van der Waals surface area contributed by atoms with Gasteiger partial charge in [-0.25, -0.2) is 13.6 Å². The minimum Gasteiger partial charge on any atom is -0.465 e. The van der Waals surface area contributed by atoms with Crippen molar-refractivity contribution in [3.05, 3.63) is 12.3 Å². The summed E-state index contributed by atoms with van der Waals surface area (Å²) in [5.41, 5.74) is 0. The summed E-state index contributed by atoms with van der Waals surface area (Å²) >= 11 is 0. The first-order valence-electron chi connectivity index (χ1n) is 4.26. The van der Waals surface area contributed by atoms with Crippen LogP contribution in [0.5, 0.6) is 0 Å². The zero-order chi connectivity index (χ0) is 11.1. The summed E-state index contributed by atoms with van der Waals surface area (Å²) in [6, 6.07) is 0. The van der Waals surface area contributed by atoms with Crippen LogP contribution in [0.1, 0.15) is 6.42 Å². The second kappa shape index (κ2) is 3.11. The number of hydrogen-bond donors (Lipinski definition) is 1. The van der Waals surface area contributed by atoms with Crippen molar-refractivity contribution in [3.63, 3.8) is 0 Å². The molecule has 0 aromatic carbocycles. The predicted molar refractivity (Wildman–Crippen MR) is 48.9 cm³/mol. The molecule has 0 spiro atoms. The Hall–Kier alpha value is -1.28. The van der Waals surface area contributed by atoms with E-state index >= 15 is 0 Å². The Bertz CT molecular complexity index is 441. The van der Waals surface area contributed by atoms with Gasteiger partial charge in [0.05, 0.1) is 6.61 Å². The van der Waals surface area contributed by atoms with Crippen molar-refractivity contribution in [2.45, 2.75) is 11.3 Å². The number of hydrogen-bond acceptors (Lipinski definition) is 6. The van der Waals surface area contributed by atoms with Gasteiger partial charge in [-0.2, -0.15) is 10.2 Å². The van der Waals surface area contributed by atoms with Crippen LogP contribution in [0.4, 0.5) is 0 Å². The van der Waals surface area contributed by atoms with Gasteiger partial charge in [-0.3, -0.25) is 4.79 Å². The molecule has 0 aromatic heterocycles. The number of nitrogens with zero attached hydrogens (tertiary/aromatic N) is 2. The number of sulfonamides is 1. The molecule has 2 aliphatic heterocycles. The highest BCUT2D eigenvalue weighted by molar-refractivity contribution is 7.90. The Labute approximate surface area is 86.1 Å². The van der Waals surface area contributed by atoms with Crippen LogP contribution in [0.3, 0.4) is 0 Å². The molecule has 2 N–H and O–H groups in total. The van der Waals surface area contributed by atoms with E-state index in [2.05, 4.69) is 10.2 Å². The van der Waals surface area contributed by atoms with Gasteiger partial charge in [0.1, 0.15) is 5.92 Å². The van der Waals surface area contributed by atoms with E-state index in [0.29, 0.717) is 0 Å². The monoisotopic (exact) mass is 231 g/mol. The molecule has 1 fully saturated rings. The summed E-state index contributed by atoms with van der Waals surface area (Å²) in [6.45, 7) is 0.185. The van der Waals surface area contributed by atoms with E-state index in [1.807, 2.05) is 0 Å². The molecule has 82 valence electrons. The molecule has 15 heavy (non-hydrogen) atoms. The van der Waals surface area contributed by atoms with Crippen LogP contribution in [0.15, 0.2) is 22.5 Å². The number of carbonyl (C=O) groups is 1. The van der Waals surface area contributed by atoms with E-state index in [9.17, 15) is 13.2 Å². The second-order valence-corrected chi connectivity index (χ2v) is 5.08. The highest BCUT2D eigenvalue weighted by Gasteiger charge is 2.54.